The van der Waals surface area contributed by atoms with Gasteiger partial charge in [0, 0.05) is 6.92 Å². The Bertz CT molecular complexity index is 220. The molecule has 0 aliphatic heterocycles. The van der Waals surface area contributed by atoms with Crippen LogP contribution in [0.25, 0.3) is 0 Å². The molecule has 0 aliphatic rings. The van der Waals surface area contributed by atoms with E-state index in [-0.39, 0.29) is 0 Å². The van der Waals surface area contributed by atoms with E-state index in [0.29, 0.717) is 0 Å². The number of H-pyrrole nitrogens is 1. The summed E-state index contributed by atoms with van der Waals surface area (Å²) in [5, 5.41) is 0. The van der Waals surface area contributed by atoms with Crippen LogP contribution in [0.2, 0.25) is 0 Å². The molecule has 0 unspecified atom stereocenters. The van der Waals surface area contributed by atoms with Crippen LogP contribution in [0.4, 0.5) is 0 Å². The SMILES string of the molecule is CCSCCC[n+]1cc[nH]c1C. The Morgan fingerprint density at radius 1 is 1.58 bits per heavy atom. The summed E-state index contributed by atoms with van der Waals surface area (Å²) in [6, 6.07) is 0. The maximum absolute atomic E-state index is 3.17. The third-order valence-corrected chi connectivity index (χ3v) is 2.85. The van der Waals surface area contributed by atoms with Crippen molar-refractivity contribution >= 4 is 11.8 Å². The fraction of sp³-hybridized carbons (Fsp3) is 0.667. The highest BCUT2D eigenvalue weighted by atomic mass is 32.2. The van der Waals surface area contributed by atoms with Crippen molar-refractivity contribution in [1.82, 2.24) is 4.98 Å². The smallest absolute Gasteiger partial charge is 0.248 e. The Balaban J connectivity index is 2.20. The first kappa shape index (κ1) is 9.65. The molecule has 3 heteroatoms. The maximum atomic E-state index is 3.17. The third-order valence-electron chi connectivity index (χ3n) is 1.87. The average molecular weight is 185 g/mol. The maximum Gasteiger partial charge on any atom is 0.251 e. The number of imidazole rings is 1. The molecule has 1 aromatic rings. The highest BCUT2D eigenvalue weighted by Crippen LogP contribution is 2.00. The van der Waals surface area contributed by atoms with Gasteiger partial charge in [-0.15, -0.1) is 0 Å². The van der Waals surface area contributed by atoms with Crippen molar-refractivity contribution in [2.75, 3.05) is 11.5 Å². The molecule has 0 aliphatic carbocycles. The molecular weight excluding hydrogens is 168 g/mol. The normalized spacial score (nSPS) is 10.5. The Labute approximate surface area is 78.4 Å². The third kappa shape index (κ3) is 2.89. The monoisotopic (exact) mass is 185 g/mol. The zero-order chi connectivity index (χ0) is 8.81. The lowest BCUT2D eigenvalue weighted by molar-refractivity contribution is -0.701. The number of thioether (sulfide) groups is 1. The fourth-order valence-corrected chi connectivity index (χ4v) is 1.79. The van der Waals surface area contributed by atoms with Crippen LogP contribution in [-0.2, 0) is 6.54 Å². The van der Waals surface area contributed by atoms with Gasteiger partial charge >= 0.3 is 0 Å². The van der Waals surface area contributed by atoms with Gasteiger partial charge in [0.25, 0.3) is 5.82 Å². The highest BCUT2D eigenvalue weighted by Gasteiger charge is 2.02. The number of hydrogen-bond acceptors (Lipinski definition) is 1. The molecule has 0 spiro atoms. The molecule has 0 aromatic carbocycles. The lowest BCUT2D eigenvalue weighted by atomic mass is 10.4. The van der Waals surface area contributed by atoms with E-state index in [9.17, 15) is 0 Å². The minimum atomic E-state index is 1.14. The quantitative estimate of drug-likeness (QED) is 0.547. The molecule has 1 aromatic heterocycles. The molecule has 1 heterocycles. The van der Waals surface area contributed by atoms with Crippen LogP contribution in [0.3, 0.4) is 0 Å². The van der Waals surface area contributed by atoms with Gasteiger partial charge in [-0.3, -0.25) is 0 Å². The molecule has 12 heavy (non-hydrogen) atoms. The van der Waals surface area contributed by atoms with Gasteiger partial charge in [-0.2, -0.15) is 11.8 Å². The summed E-state index contributed by atoms with van der Waals surface area (Å²) in [4.78, 5) is 3.17. The molecule has 0 fully saturated rings. The van der Waals surface area contributed by atoms with E-state index in [1.807, 2.05) is 18.0 Å². The van der Waals surface area contributed by atoms with Crippen LogP contribution < -0.4 is 4.57 Å². The Hall–Kier alpha value is -0.440. The Morgan fingerprint density at radius 3 is 3.00 bits per heavy atom. The van der Waals surface area contributed by atoms with Crippen molar-refractivity contribution in [3.8, 4) is 0 Å². The number of rotatable bonds is 5. The zero-order valence-corrected chi connectivity index (χ0v) is 8.66. The lowest BCUT2D eigenvalue weighted by Crippen LogP contribution is -2.34. The minimum Gasteiger partial charge on any atom is -0.248 e. The summed E-state index contributed by atoms with van der Waals surface area (Å²) in [7, 11) is 0. The van der Waals surface area contributed by atoms with E-state index in [1.54, 1.807) is 0 Å². The summed E-state index contributed by atoms with van der Waals surface area (Å²) >= 11 is 2.01. The zero-order valence-electron chi connectivity index (χ0n) is 7.84. The second-order valence-electron chi connectivity index (χ2n) is 2.79. The fourth-order valence-electron chi connectivity index (χ4n) is 1.17. The number of aryl methyl sites for hydroxylation is 2. The Kier molecular flexibility index (Phi) is 4.22. The summed E-state index contributed by atoms with van der Waals surface area (Å²) in [5.41, 5.74) is 0. The predicted octanol–water partition coefficient (Wildman–Crippen LogP) is 1.75. The van der Waals surface area contributed by atoms with Crippen LogP contribution in [-0.4, -0.2) is 16.5 Å². The minimum absolute atomic E-state index is 1.14. The molecule has 68 valence electrons. The molecule has 0 saturated heterocycles. The van der Waals surface area contributed by atoms with Crippen molar-refractivity contribution in [3.05, 3.63) is 18.2 Å². The number of hydrogen-bond donors (Lipinski definition) is 1. The number of aromatic amines is 1. The van der Waals surface area contributed by atoms with Crippen LogP contribution >= 0.6 is 11.8 Å². The van der Waals surface area contributed by atoms with E-state index < -0.39 is 0 Å². The number of aromatic nitrogens is 2. The molecule has 0 amide bonds. The standard InChI is InChI=1S/C9H16N2S/c1-3-12-8-4-6-11-7-5-10-9(11)2/h5,7H,3-4,6,8H2,1-2H3/p+1. The Morgan fingerprint density at radius 2 is 2.42 bits per heavy atom. The lowest BCUT2D eigenvalue weighted by Gasteiger charge is -1.97. The van der Waals surface area contributed by atoms with Gasteiger partial charge in [-0.05, 0) is 17.9 Å². The highest BCUT2D eigenvalue weighted by molar-refractivity contribution is 7.99. The van der Waals surface area contributed by atoms with Gasteiger partial charge in [0.15, 0.2) is 0 Å². The molecule has 0 bridgehead atoms. The van der Waals surface area contributed by atoms with Crippen molar-refractivity contribution in [1.29, 1.82) is 0 Å². The molecule has 2 nitrogen and oxygen atoms in total. The van der Waals surface area contributed by atoms with E-state index in [4.69, 9.17) is 0 Å². The summed E-state index contributed by atoms with van der Waals surface area (Å²) in [6.07, 6.45) is 5.36. The van der Waals surface area contributed by atoms with Crippen molar-refractivity contribution < 1.29 is 4.57 Å². The first-order chi connectivity index (χ1) is 5.84. The first-order valence-corrected chi connectivity index (χ1v) is 5.61. The van der Waals surface area contributed by atoms with Crippen molar-refractivity contribution in [2.45, 2.75) is 26.8 Å². The van der Waals surface area contributed by atoms with Crippen LogP contribution in [0.5, 0.6) is 0 Å². The second kappa shape index (κ2) is 5.25. The molecular formula is C9H17N2S+. The first-order valence-electron chi connectivity index (χ1n) is 4.45. The molecule has 0 radical (unpaired) electrons. The average Bonchev–Trinajstić information content (AvgIpc) is 2.46. The van der Waals surface area contributed by atoms with Gasteiger partial charge in [0.1, 0.15) is 12.4 Å². The van der Waals surface area contributed by atoms with Crippen molar-refractivity contribution in [3.63, 3.8) is 0 Å². The molecule has 1 rings (SSSR count). The van der Waals surface area contributed by atoms with Gasteiger partial charge < -0.3 is 0 Å². The van der Waals surface area contributed by atoms with Crippen LogP contribution in [0.1, 0.15) is 19.2 Å². The molecule has 1 N–H and O–H groups in total. The van der Waals surface area contributed by atoms with E-state index in [1.165, 1.54) is 23.8 Å². The van der Waals surface area contributed by atoms with Crippen LogP contribution in [0.15, 0.2) is 12.4 Å². The molecule has 0 atom stereocenters. The van der Waals surface area contributed by atoms with E-state index >= 15 is 0 Å². The summed E-state index contributed by atoms with van der Waals surface area (Å²) in [6.45, 7) is 5.45. The molecule has 0 saturated carbocycles. The number of nitrogens with one attached hydrogen (secondary N) is 1. The van der Waals surface area contributed by atoms with E-state index in [0.717, 1.165) is 6.54 Å². The van der Waals surface area contributed by atoms with Crippen LogP contribution in [0, 0.1) is 6.92 Å². The predicted molar refractivity (Wildman–Crippen MR) is 53.3 cm³/mol. The van der Waals surface area contributed by atoms with E-state index in [2.05, 4.69) is 29.6 Å². The van der Waals surface area contributed by atoms with Crippen molar-refractivity contribution in [2.24, 2.45) is 0 Å². The topological polar surface area (TPSA) is 19.7 Å². The van der Waals surface area contributed by atoms with Gasteiger partial charge in [0.2, 0.25) is 0 Å². The van der Waals surface area contributed by atoms with Gasteiger partial charge in [0.05, 0.1) is 6.54 Å². The number of nitrogens with zero attached hydrogens (tertiary/aromatic N) is 1. The largest absolute Gasteiger partial charge is 0.251 e. The second-order valence-corrected chi connectivity index (χ2v) is 4.18. The van der Waals surface area contributed by atoms with Gasteiger partial charge in [-0.25, -0.2) is 9.55 Å². The summed E-state index contributed by atoms with van der Waals surface area (Å²) < 4.78 is 2.26. The van der Waals surface area contributed by atoms with Gasteiger partial charge in [-0.1, -0.05) is 6.92 Å². The summed E-state index contributed by atoms with van der Waals surface area (Å²) in [5.74, 6) is 3.75.